The van der Waals surface area contributed by atoms with Gasteiger partial charge in [-0.05, 0) is 38.8 Å². The van der Waals surface area contributed by atoms with Crippen molar-refractivity contribution in [3.63, 3.8) is 0 Å². The summed E-state index contributed by atoms with van der Waals surface area (Å²) >= 11 is 10.7. The number of fused-ring (bicyclic) bond motifs is 1. The summed E-state index contributed by atoms with van der Waals surface area (Å²) in [5, 5.41) is 12.7. The second-order valence-electron chi connectivity index (χ2n) is 2.36. The van der Waals surface area contributed by atoms with Crippen molar-refractivity contribution in [3.8, 4) is 5.75 Å². The normalized spacial score (nSPS) is 10.8. The Morgan fingerprint density at radius 1 is 1.50 bits per heavy atom. The van der Waals surface area contributed by atoms with E-state index in [4.69, 9.17) is 11.6 Å². The van der Waals surface area contributed by atoms with E-state index in [1.165, 1.54) is 0 Å². The molecule has 1 heterocycles. The van der Waals surface area contributed by atoms with Crippen LogP contribution in [0.1, 0.15) is 0 Å². The second kappa shape index (κ2) is 2.91. The third-order valence-electron chi connectivity index (χ3n) is 1.60. The maximum Gasteiger partial charge on any atom is 0.136 e. The maximum absolute atomic E-state index is 9.36. The highest BCUT2D eigenvalue weighted by Crippen LogP contribution is 2.40. The van der Waals surface area contributed by atoms with E-state index >= 15 is 0 Å². The molecule has 0 aliphatic rings. The number of hydrogen-bond donors (Lipinski definition) is 1. The molecule has 1 N–H and O–H groups in total. The number of benzene rings is 1. The molecule has 0 saturated carbocycles. The predicted octanol–water partition coefficient (Wildman–Crippen LogP) is 4.02. The van der Waals surface area contributed by atoms with Crippen LogP contribution >= 0.6 is 38.9 Å². The van der Waals surface area contributed by atoms with E-state index in [0.29, 0.717) is 5.02 Å². The van der Waals surface area contributed by atoms with Gasteiger partial charge in [0.05, 0.1) is 14.2 Å². The largest absolute Gasteiger partial charge is 0.506 e. The second-order valence-corrected chi connectivity index (χ2v) is 4.45. The highest BCUT2D eigenvalue weighted by Gasteiger charge is 2.09. The van der Waals surface area contributed by atoms with Gasteiger partial charge in [-0.1, -0.05) is 11.6 Å². The van der Waals surface area contributed by atoms with Gasteiger partial charge >= 0.3 is 0 Å². The summed E-state index contributed by atoms with van der Waals surface area (Å²) in [6, 6.07) is 3.61. The van der Waals surface area contributed by atoms with Gasteiger partial charge in [0.1, 0.15) is 5.75 Å². The topological polar surface area (TPSA) is 20.2 Å². The van der Waals surface area contributed by atoms with Gasteiger partial charge in [0.25, 0.3) is 0 Å². The quantitative estimate of drug-likeness (QED) is 0.761. The summed E-state index contributed by atoms with van der Waals surface area (Å²) in [7, 11) is 0. The molecule has 2 rings (SSSR count). The highest BCUT2D eigenvalue weighted by atomic mass is 79.9. The zero-order valence-electron chi connectivity index (χ0n) is 5.84. The third-order valence-corrected chi connectivity index (χ3v) is 4.22. The first-order chi connectivity index (χ1) is 5.70. The lowest BCUT2D eigenvalue weighted by Crippen LogP contribution is -1.71. The predicted molar refractivity (Wildman–Crippen MR) is 56.2 cm³/mol. The number of rotatable bonds is 0. The molecule has 62 valence electrons. The van der Waals surface area contributed by atoms with E-state index in [1.54, 1.807) is 17.4 Å². The first-order valence-electron chi connectivity index (χ1n) is 3.24. The number of halogens is 2. The van der Waals surface area contributed by atoms with Gasteiger partial charge in [-0.15, -0.1) is 11.3 Å². The van der Waals surface area contributed by atoms with Gasteiger partial charge in [-0.3, -0.25) is 0 Å². The average Bonchev–Trinajstić information content (AvgIpc) is 2.48. The average molecular weight is 264 g/mol. The minimum absolute atomic E-state index is 0.120. The van der Waals surface area contributed by atoms with Crippen molar-refractivity contribution in [2.24, 2.45) is 0 Å². The molecule has 0 aliphatic carbocycles. The molecule has 2 aromatic rings. The van der Waals surface area contributed by atoms with Crippen molar-refractivity contribution >= 4 is 49.0 Å². The Balaban J connectivity index is 2.94. The third kappa shape index (κ3) is 1.13. The molecule has 4 heteroatoms. The van der Waals surface area contributed by atoms with Gasteiger partial charge in [-0.25, -0.2) is 0 Å². The molecular formula is C8H4BrClOS. The Kier molecular flexibility index (Phi) is 2.02. The van der Waals surface area contributed by atoms with Crippen molar-refractivity contribution < 1.29 is 5.11 Å². The molecule has 0 atom stereocenters. The van der Waals surface area contributed by atoms with E-state index in [2.05, 4.69) is 15.9 Å². The molecule has 0 saturated heterocycles. The van der Waals surface area contributed by atoms with Gasteiger partial charge in [0.2, 0.25) is 0 Å². The van der Waals surface area contributed by atoms with E-state index in [-0.39, 0.29) is 5.75 Å². The van der Waals surface area contributed by atoms with E-state index < -0.39 is 0 Å². The lowest BCUT2D eigenvalue weighted by atomic mass is 10.2. The summed E-state index contributed by atoms with van der Waals surface area (Å²) < 4.78 is 1.84. The van der Waals surface area contributed by atoms with E-state index in [9.17, 15) is 5.11 Å². The lowest BCUT2D eigenvalue weighted by molar-refractivity contribution is 0.476. The van der Waals surface area contributed by atoms with Gasteiger partial charge in [-0.2, -0.15) is 0 Å². The van der Waals surface area contributed by atoms with Crippen LogP contribution in [0.15, 0.2) is 22.0 Å². The van der Waals surface area contributed by atoms with Crippen molar-refractivity contribution in [2.45, 2.75) is 0 Å². The zero-order valence-corrected chi connectivity index (χ0v) is 9.00. The first-order valence-corrected chi connectivity index (χ1v) is 5.29. The first kappa shape index (κ1) is 8.35. The van der Waals surface area contributed by atoms with Crippen LogP contribution in [0.5, 0.6) is 5.75 Å². The minimum Gasteiger partial charge on any atom is -0.506 e. The molecule has 0 radical (unpaired) electrons. The lowest BCUT2D eigenvalue weighted by Gasteiger charge is -2.00. The number of aromatic hydroxyl groups is 1. The Hall–Kier alpha value is -0.250. The molecule has 0 spiro atoms. The molecule has 0 bridgehead atoms. The van der Waals surface area contributed by atoms with E-state index in [0.717, 1.165) is 14.6 Å². The highest BCUT2D eigenvalue weighted by molar-refractivity contribution is 9.10. The van der Waals surface area contributed by atoms with Crippen LogP contribution in [-0.4, -0.2) is 5.11 Å². The van der Waals surface area contributed by atoms with Gasteiger partial charge < -0.3 is 5.11 Å². The Morgan fingerprint density at radius 3 is 3.00 bits per heavy atom. The molecule has 1 aromatic heterocycles. The van der Waals surface area contributed by atoms with Crippen LogP contribution in [0.25, 0.3) is 10.1 Å². The van der Waals surface area contributed by atoms with Crippen molar-refractivity contribution in [1.29, 1.82) is 0 Å². The number of phenolic OH excluding ortho intramolecular Hbond substituents is 1. The summed E-state index contributed by atoms with van der Waals surface area (Å²) in [5.41, 5.74) is 0. The maximum atomic E-state index is 9.36. The smallest absolute Gasteiger partial charge is 0.136 e. The monoisotopic (exact) mass is 262 g/mol. The number of hydrogen-bond acceptors (Lipinski definition) is 2. The minimum atomic E-state index is 0.120. The fourth-order valence-corrected chi connectivity index (χ4v) is 2.77. The van der Waals surface area contributed by atoms with E-state index in [1.807, 2.05) is 11.4 Å². The molecule has 1 aromatic carbocycles. The summed E-state index contributed by atoms with van der Waals surface area (Å²) in [4.78, 5) is 0. The molecule has 12 heavy (non-hydrogen) atoms. The molecular weight excluding hydrogens is 260 g/mol. The van der Waals surface area contributed by atoms with Gasteiger partial charge in [0, 0.05) is 0 Å². The van der Waals surface area contributed by atoms with Crippen LogP contribution in [0.2, 0.25) is 5.02 Å². The molecule has 0 unspecified atom stereocenters. The Labute approximate surface area is 86.7 Å². The fourth-order valence-electron chi connectivity index (χ4n) is 1.03. The van der Waals surface area contributed by atoms with Crippen molar-refractivity contribution in [1.82, 2.24) is 0 Å². The number of phenols is 1. The Morgan fingerprint density at radius 2 is 2.25 bits per heavy atom. The Bertz CT molecular complexity index is 438. The van der Waals surface area contributed by atoms with Crippen molar-refractivity contribution in [2.75, 3.05) is 0 Å². The van der Waals surface area contributed by atoms with Crippen molar-refractivity contribution in [3.05, 3.63) is 27.0 Å². The van der Waals surface area contributed by atoms with Crippen LogP contribution in [0.4, 0.5) is 0 Å². The van der Waals surface area contributed by atoms with Crippen LogP contribution in [0.3, 0.4) is 0 Å². The van der Waals surface area contributed by atoms with Gasteiger partial charge in [0.15, 0.2) is 0 Å². The number of thiophene rings is 1. The molecule has 1 nitrogen and oxygen atoms in total. The van der Waals surface area contributed by atoms with Crippen LogP contribution < -0.4 is 0 Å². The van der Waals surface area contributed by atoms with Crippen LogP contribution in [-0.2, 0) is 0 Å². The SMILES string of the molecule is Oc1cc2ccsc2c(Br)c1Cl. The molecule has 0 amide bonds. The summed E-state index contributed by atoms with van der Waals surface area (Å²) in [6.07, 6.45) is 0. The van der Waals surface area contributed by atoms with Crippen LogP contribution in [0, 0.1) is 0 Å². The summed E-state index contributed by atoms with van der Waals surface area (Å²) in [6.45, 7) is 0. The standard InChI is InChI=1S/C8H4BrClOS/c9-6-7(10)5(11)3-4-1-2-12-8(4)6/h1-3,11H. The summed E-state index contributed by atoms with van der Waals surface area (Å²) in [5.74, 6) is 0.120. The molecule has 0 fully saturated rings. The molecule has 0 aliphatic heterocycles. The fraction of sp³-hybridized carbons (Fsp3) is 0. The zero-order chi connectivity index (χ0) is 8.72.